The predicted molar refractivity (Wildman–Crippen MR) is 72.8 cm³/mol. The van der Waals surface area contributed by atoms with Gasteiger partial charge >= 0.3 is 5.97 Å². The van der Waals surface area contributed by atoms with Crippen LogP contribution in [0.3, 0.4) is 0 Å². The number of carboxylic acids is 1. The standard InChI is InChI=1S/C14H14N4O3/c19-11(9-2-6-15-7-3-9)18-14(4-1-5-14)13-16-8-10(17-13)12(20)21/h2-3,6-8H,1,4-5H2,(H,16,17)(H,18,19)(H,20,21). The van der Waals surface area contributed by atoms with Crippen LogP contribution < -0.4 is 5.32 Å². The summed E-state index contributed by atoms with van der Waals surface area (Å²) < 4.78 is 0. The highest BCUT2D eigenvalue weighted by molar-refractivity contribution is 5.94. The molecule has 1 aliphatic carbocycles. The van der Waals surface area contributed by atoms with Gasteiger partial charge in [-0.05, 0) is 31.4 Å². The molecule has 1 fully saturated rings. The van der Waals surface area contributed by atoms with Crippen molar-refractivity contribution >= 4 is 11.9 Å². The third-order valence-corrected chi connectivity index (χ3v) is 3.76. The van der Waals surface area contributed by atoms with Gasteiger partial charge in [0, 0.05) is 18.0 Å². The molecule has 0 aliphatic heterocycles. The minimum absolute atomic E-state index is 0.0226. The molecule has 3 rings (SSSR count). The predicted octanol–water partition coefficient (Wildman–Crippen LogP) is 1.31. The second-order valence-corrected chi connectivity index (χ2v) is 5.08. The molecule has 0 radical (unpaired) electrons. The molecule has 2 aromatic heterocycles. The minimum Gasteiger partial charge on any atom is -0.477 e. The number of carbonyl (C=O) groups excluding carboxylic acids is 1. The number of nitrogens with one attached hydrogen (secondary N) is 2. The molecule has 1 saturated carbocycles. The number of nitrogens with zero attached hydrogens (tertiary/aromatic N) is 2. The monoisotopic (exact) mass is 286 g/mol. The summed E-state index contributed by atoms with van der Waals surface area (Å²) in [6.07, 6.45) is 6.80. The van der Waals surface area contributed by atoms with Crippen LogP contribution in [0.1, 0.15) is 45.9 Å². The van der Waals surface area contributed by atoms with Crippen molar-refractivity contribution in [1.29, 1.82) is 0 Å². The van der Waals surface area contributed by atoms with Crippen molar-refractivity contribution in [3.8, 4) is 0 Å². The molecule has 0 saturated heterocycles. The van der Waals surface area contributed by atoms with Gasteiger partial charge in [-0.3, -0.25) is 9.78 Å². The van der Waals surface area contributed by atoms with E-state index in [1.54, 1.807) is 24.5 Å². The van der Waals surface area contributed by atoms with Gasteiger partial charge in [0.1, 0.15) is 11.5 Å². The van der Waals surface area contributed by atoms with Gasteiger partial charge in [-0.15, -0.1) is 0 Å². The van der Waals surface area contributed by atoms with E-state index in [0.717, 1.165) is 19.3 Å². The maximum atomic E-state index is 12.3. The van der Waals surface area contributed by atoms with E-state index >= 15 is 0 Å². The number of pyridine rings is 1. The van der Waals surface area contributed by atoms with Gasteiger partial charge in [-0.25, -0.2) is 9.78 Å². The van der Waals surface area contributed by atoms with Gasteiger partial charge in [0.25, 0.3) is 5.91 Å². The Morgan fingerprint density at radius 3 is 2.52 bits per heavy atom. The first-order valence-corrected chi connectivity index (χ1v) is 6.62. The SMILES string of the molecule is O=C(NC1(c2ncc(C(=O)O)[nH]2)CCC1)c1ccncc1. The van der Waals surface area contributed by atoms with E-state index in [0.29, 0.717) is 11.4 Å². The first-order chi connectivity index (χ1) is 10.1. The first kappa shape index (κ1) is 13.3. The van der Waals surface area contributed by atoms with Gasteiger partial charge in [0.15, 0.2) is 0 Å². The molecular weight excluding hydrogens is 272 g/mol. The van der Waals surface area contributed by atoms with Crippen LogP contribution in [-0.2, 0) is 5.54 Å². The zero-order chi connectivity index (χ0) is 14.9. The molecule has 0 bridgehead atoms. The number of hydrogen-bond acceptors (Lipinski definition) is 4. The molecule has 0 unspecified atom stereocenters. The molecule has 0 spiro atoms. The number of aromatic carboxylic acids is 1. The van der Waals surface area contributed by atoms with Crippen molar-refractivity contribution in [2.24, 2.45) is 0 Å². The molecule has 1 amide bonds. The summed E-state index contributed by atoms with van der Waals surface area (Å²) in [6.45, 7) is 0. The number of imidazole rings is 1. The molecular formula is C14H14N4O3. The van der Waals surface area contributed by atoms with Crippen molar-refractivity contribution in [2.75, 3.05) is 0 Å². The number of aromatic nitrogens is 3. The number of amides is 1. The third kappa shape index (κ3) is 2.37. The van der Waals surface area contributed by atoms with E-state index in [2.05, 4.69) is 20.3 Å². The summed E-state index contributed by atoms with van der Waals surface area (Å²) in [7, 11) is 0. The molecule has 21 heavy (non-hydrogen) atoms. The fourth-order valence-electron chi connectivity index (χ4n) is 2.42. The van der Waals surface area contributed by atoms with E-state index in [9.17, 15) is 9.59 Å². The highest BCUT2D eigenvalue weighted by Crippen LogP contribution is 2.40. The van der Waals surface area contributed by atoms with Crippen LogP contribution in [0.2, 0.25) is 0 Å². The van der Waals surface area contributed by atoms with E-state index in [-0.39, 0.29) is 11.6 Å². The lowest BCUT2D eigenvalue weighted by atomic mass is 9.76. The van der Waals surface area contributed by atoms with Crippen LogP contribution in [0.4, 0.5) is 0 Å². The van der Waals surface area contributed by atoms with Crippen LogP contribution in [0.25, 0.3) is 0 Å². The maximum absolute atomic E-state index is 12.3. The van der Waals surface area contributed by atoms with Crippen LogP contribution >= 0.6 is 0 Å². The molecule has 0 aromatic carbocycles. The van der Waals surface area contributed by atoms with Crippen LogP contribution in [0.5, 0.6) is 0 Å². The van der Waals surface area contributed by atoms with Crippen LogP contribution in [0.15, 0.2) is 30.7 Å². The Balaban J connectivity index is 1.83. The highest BCUT2D eigenvalue weighted by Gasteiger charge is 2.43. The average molecular weight is 286 g/mol. The number of carboxylic acid groups (broad SMARTS) is 1. The zero-order valence-corrected chi connectivity index (χ0v) is 11.2. The molecule has 7 heteroatoms. The topological polar surface area (TPSA) is 108 Å². The van der Waals surface area contributed by atoms with Crippen molar-refractivity contribution < 1.29 is 14.7 Å². The Hall–Kier alpha value is -2.70. The maximum Gasteiger partial charge on any atom is 0.353 e. The normalized spacial score (nSPS) is 16.0. The molecule has 1 aliphatic rings. The largest absolute Gasteiger partial charge is 0.477 e. The van der Waals surface area contributed by atoms with E-state index in [4.69, 9.17) is 5.11 Å². The fourth-order valence-corrected chi connectivity index (χ4v) is 2.42. The van der Waals surface area contributed by atoms with Gasteiger partial charge < -0.3 is 15.4 Å². The Morgan fingerprint density at radius 1 is 1.29 bits per heavy atom. The summed E-state index contributed by atoms with van der Waals surface area (Å²) in [5.74, 6) is -0.789. The summed E-state index contributed by atoms with van der Waals surface area (Å²) in [4.78, 5) is 34.0. The number of hydrogen-bond donors (Lipinski definition) is 3. The van der Waals surface area contributed by atoms with Gasteiger partial charge in [0.05, 0.1) is 11.7 Å². The third-order valence-electron chi connectivity index (χ3n) is 3.76. The van der Waals surface area contributed by atoms with Gasteiger partial charge in [0.2, 0.25) is 0 Å². The fraction of sp³-hybridized carbons (Fsp3) is 0.286. The van der Waals surface area contributed by atoms with Crippen molar-refractivity contribution in [2.45, 2.75) is 24.8 Å². The second kappa shape index (κ2) is 5.01. The van der Waals surface area contributed by atoms with Crippen LogP contribution in [0, 0.1) is 0 Å². The number of carbonyl (C=O) groups is 2. The van der Waals surface area contributed by atoms with Gasteiger partial charge in [-0.2, -0.15) is 0 Å². The molecule has 0 atom stereocenters. The minimum atomic E-state index is -1.07. The van der Waals surface area contributed by atoms with Crippen molar-refractivity contribution in [1.82, 2.24) is 20.3 Å². The van der Waals surface area contributed by atoms with E-state index in [1.165, 1.54) is 6.20 Å². The Bertz CT molecular complexity index is 677. The second-order valence-electron chi connectivity index (χ2n) is 5.08. The first-order valence-electron chi connectivity index (χ1n) is 6.62. The quantitative estimate of drug-likeness (QED) is 0.785. The smallest absolute Gasteiger partial charge is 0.353 e. The van der Waals surface area contributed by atoms with Crippen molar-refractivity contribution in [3.05, 3.63) is 47.8 Å². The lowest BCUT2D eigenvalue weighted by Gasteiger charge is -2.40. The lowest BCUT2D eigenvalue weighted by molar-refractivity contribution is 0.0690. The summed E-state index contributed by atoms with van der Waals surface area (Å²) in [5.41, 5.74) is -0.0654. The van der Waals surface area contributed by atoms with E-state index < -0.39 is 11.5 Å². The van der Waals surface area contributed by atoms with E-state index in [1.807, 2.05) is 0 Å². The summed E-state index contributed by atoms with van der Waals surface area (Å²) in [6, 6.07) is 3.26. The molecule has 7 nitrogen and oxygen atoms in total. The Kier molecular flexibility index (Phi) is 3.17. The highest BCUT2D eigenvalue weighted by atomic mass is 16.4. The number of aromatic amines is 1. The van der Waals surface area contributed by atoms with Gasteiger partial charge in [-0.1, -0.05) is 0 Å². The average Bonchev–Trinajstić information content (AvgIpc) is 2.93. The number of H-pyrrole nitrogens is 1. The zero-order valence-electron chi connectivity index (χ0n) is 11.2. The Morgan fingerprint density at radius 2 is 2.00 bits per heavy atom. The summed E-state index contributed by atoms with van der Waals surface area (Å²) in [5, 5.41) is 11.9. The summed E-state index contributed by atoms with van der Waals surface area (Å²) >= 11 is 0. The Labute approximate surface area is 120 Å². The lowest BCUT2D eigenvalue weighted by Crippen LogP contribution is -2.51. The molecule has 2 aromatic rings. The molecule has 2 heterocycles. The van der Waals surface area contributed by atoms with Crippen LogP contribution in [-0.4, -0.2) is 31.9 Å². The van der Waals surface area contributed by atoms with Crippen molar-refractivity contribution in [3.63, 3.8) is 0 Å². The molecule has 108 valence electrons. The molecule has 3 N–H and O–H groups in total. The number of rotatable bonds is 4.